The number of nitro benzene ring substituents is 1. The lowest BCUT2D eigenvalue weighted by Gasteiger charge is -2.52. The minimum Gasteiger partial charge on any atom is -0.481 e. The Hall–Kier alpha value is -3.22. The molecule has 1 aromatic carbocycles. The SMILES string of the molecule is CCCCCCN1C(C)=CC(c2cccc([N+](=O)[O-])c2)C(C(=O)O)C1(C)c1cccnc1. The largest absolute Gasteiger partial charge is 0.481 e. The zero-order valence-corrected chi connectivity index (χ0v) is 18.9. The Balaban J connectivity index is 2.15. The molecule has 32 heavy (non-hydrogen) atoms. The van der Waals surface area contributed by atoms with Gasteiger partial charge >= 0.3 is 5.97 Å². The molecule has 7 heteroatoms. The number of allylic oxidation sites excluding steroid dienone is 2. The molecule has 0 radical (unpaired) electrons. The van der Waals surface area contributed by atoms with Crippen LogP contribution in [0.4, 0.5) is 5.69 Å². The summed E-state index contributed by atoms with van der Waals surface area (Å²) >= 11 is 0. The van der Waals surface area contributed by atoms with E-state index in [0.29, 0.717) is 5.56 Å². The van der Waals surface area contributed by atoms with Crippen LogP contribution in [0.25, 0.3) is 0 Å². The number of pyridine rings is 1. The lowest BCUT2D eigenvalue weighted by atomic mass is 9.67. The van der Waals surface area contributed by atoms with E-state index < -0.39 is 28.3 Å². The fourth-order valence-electron chi connectivity index (χ4n) is 4.96. The summed E-state index contributed by atoms with van der Waals surface area (Å²) < 4.78 is 0. The number of aromatic nitrogens is 1. The number of carboxylic acids is 1. The molecule has 3 rings (SSSR count). The van der Waals surface area contributed by atoms with E-state index >= 15 is 0 Å². The van der Waals surface area contributed by atoms with Crippen LogP contribution >= 0.6 is 0 Å². The molecule has 170 valence electrons. The fourth-order valence-corrected chi connectivity index (χ4v) is 4.96. The van der Waals surface area contributed by atoms with Crippen LogP contribution in [0.15, 0.2) is 60.6 Å². The van der Waals surface area contributed by atoms with Gasteiger partial charge in [-0.15, -0.1) is 0 Å². The van der Waals surface area contributed by atoms with E-state index in [9.17, 15) is 20.0 Å². The Morgan fingerprint density at radius 3 is 2.66 bits per heavy atom. The third-order valence-electron chi connectivity index (χ3n) is 6.59. The number of nitrogens with zero attached hydrogens (tertiary/aromatic N) is 3. The Labute approximate surface area is 188 Å². The molecular weight excluding hydrogens is 406 g/mol. The minimum absolute atomic E-state index is 0.0391. The summed E-state index contributed by atoms with van der Waals surface area (Å²) in [6, 6.07) is 10.1. The molecule has 0 amide bonds. The molecule has 2 aromatic rings. The highest BCUT2D eigenvalue weighted by atomic mass is 16.6. The van der Waals surface area contributed by atoms with Crippen molar-refractivity contribution in [2.24, 2.45) is 5.92 Å². The first kappa shape index (κ1) is 23.4. The van der Waals surface area contributed by atoms with Gasteiger partial charge in [0.1, 0.15) is 0 Å². The van der Waals surface area contributed by atoms with Gasteiger partial charge in [0.05, 0.1) is 16.4 Å². The highest BCUT2D eigenvalue weighted by Crippen LogP contribution is 2.49. The second-order valence-corrected chi connectivity index (χ2v) is 8.60. The summed E-state index contributed by atoms with van der Waals surface area (Å²) in [6.07, 6.45) is 9.67. The standard InChI is InChI=1S/C25H31N3O4/c1-4-5-6-7-14-27-18(2)15-22(19-10-8-12-21(16-19)28(31)32)23(24(29)30)25(27,3)20-11-9-13-26-17-20/h8-13,15-17,22-23H,4-7,14H2,1-3H3,(H,29,30). The summed E-state index contributed by atoms with van der Waals surface area (Å²) in [6.45, 7) is 6.86. The summed E-state index contributed by atoms with van der Waals surface area (Å²) in [5, 5.41) is 21.8. The average Bonchev–Trinajstić information content (AvgIpc) is 2.78. The zero-order valence-electron chi connectivity index (χ0n) is 18.9. The predicted octanol–water partition coefficient (Wildman–Crippen LogP) is 5.49. The van der Waals surface area contributed by atoms with E-state index in [-0.39, 0.29) is 5.69 Å². The molecule has 0 spiro atoms. The quantitative estimate of drug-likeness (QED) is 0.317. The van der Waals surface area contributed by atoms with Gasteiger partial charge in [-0.1, -0.05) is 50.5 Å². The lowest BCUT2D eigenvalue weighted by molar-refractivity contribution is -0.384. The number of rotatable bonds is 9. The van der Waals surface area contributed by atoms with Crippen molar-refractivity contribution in [1.82, 2.24) is 9.88 Å². The Kier molecular flexibility index (Phi) is 7.28. The van der Waals surface area contributed by atoms with Gasteiger partial charge < -0.3 is 10.0 Å². The smallest absolute Gasteiger partial charge is 0.310 e. The van der Waals surface area contributed by atoms with Crippen LogP contribution in [-0.2, 0) is 10.3 Å². The third kappa shape index (κ3) is 4.52. The molecule has 0 saturated carbocycles. The van der Waals surface area contributed by atoms with E-state index in [4.69, 9.17) is 0 Å². The lowest BCUT2D eigenvalue weighted by Crippen LogP contribution is -2.55. The minimum atomic E-state index is -0.935. The number of non-ortho nitro benzene ring substituents is 1. The van der Waals surface area contributed by atoms with E-state index in [1.54, 1.807) is 24.5 Å². The molecule has 0 bridgehead atoms. The predicted molar refractivity (Wildman–Crippen MR) is 123 cm³/mol. The van der Waals surface area contributed by atoms with Gasteiger partial charge in [-0.3, -0.25) is 19.9 Å². The van der Waals surface area contributed by atoms with Crippen molar-refractivity contribution in [2.45, 2.75) is 57.9 Å². The van der Waals surface area contributed by atoms with Gasteiger partial charge in [-0.25, -0.2) is 0 Å². The number of carboxylic acid groups (broad SMARTS) is 1. The van der Waals surface area contributed by atoms with Gasteiger partial charge in [0, 0.05) is 42.7 Å². The molecule has 3 unspecified atom stereocenters. The third-order valence-corrected chi connectivity index (χ3v) is 6.59. The number of hydrogen-bond acceptors (Lipinski definition) is 5. The van der Waals surface area contributed by atoms with Crippen LogP contribution in [0.2, 0.25) is 0 Å². The summed E-state index contributed by atoms with van der Waals surface area (Å²) in [4.78, 5) is 30.1. The first-order valence-electron chi connectivity index (χ1n) is 11.1. The number of nitro groups is 1. The summed E-state index contributed by atoms with van der Waals surface area (Å²) in [5.41, 5.74) is 1.53. The number of aliphatic carboxylic acids is 1. The van der Waals surface area contributed by atoms with Crippen LogP contribution in [-0.4, -0.2) is 32.4 Å². The fraction of sp³-hybridized carbons (Fsp3) is 0.440. The van der Waals surface area contributed by atoms with Crippen LogP contribution in [0.3, 0.4) is 0 Å². The van der Waals surface area contributed by atoms with Crippen molar-refractivity contribution in [3.05, 3.63) is 81.8 Å². The second kappa shape index (κ2) is 9.94. The van der Waals surface area contributed by atoms with Crippen molar-refractivity contribution in [2.75, 3.05) is 6.54 Å². The second-order valence-electron chi connectivity index (χ2n) is 8.60. The first-order valence-corrected chi connectivity index (χ1v) is 11.1. The van der Waals surface area contributed by atoms with Gasteiger partial charge in [0.25, 0.3) is 5.69 Å². The average molecular weight is 438 g/mol. The van der Waals surface area contributed by atoms with Crippen molar-refractivity contribution >= 4 is 11.7 Å². The highest BCUT2D eigenvalue weighted by Gasteiger charge is 2.52. The highest BCUT2D eigenvalue weighted by molar-refractivity contribution is 5.75. The van der Waals surface area contributed by atoms with E-state index in [0.717, 1.165) is 43.5 Å². The number of carbonyl (C=O) groups is 1. The first-order chi connectivity index (χ1) is 15.3. The topological polar surface area (TPSA) is 96.6 Å². The maximum absolute atomic E-state index is 12.8. The molecule has 1 aliphatic heterocycles. The van der Waals surface area contributed by atoms with Crippen LogP contribution in [0, 0.1) is 16.0 Å². The van der Waals surface area contributed by atoms with E-state index in [2.05, 4.69) is 16.8 Å². The normalized spacial score (nSPS) is 23.0. The molecule has 1 aromatic heterocycles. The molecule has 0 fully saturated rings. The molecular formula is C25H31N3O4. The van der Waals surface area contributed by atoms with Crippen LogP contribution < -0.4 is 0 Å². The maximum atomic E-state index is 12.8. The Morgan fingerprint density at radius 2 is 2.03 bits per heavy atom. The molecule has 0 aliphatic carbocycles. The van der Waals surface area contributed by atoms with Crippen LogP contribution in [0.5, 0.6) is 0 Å². The molecule has 7 nitrogen and oxygen atoms in total. The molecule has 3 atom stereocenters. The van der Waals surface area contributed by atoms with Gasteiger partial charge in [0.2, 0.25) is 0 Å². The van der Waals surface area contributed by atoms with Crippen molar-refractivity contribution in [3.8, 4) is 0 Å². The summed E-state index contributed by atoms with van der Waals surface area (Å²) in [7, 11) is 0. The van der Waals surface area contributed by atoms with Gasteiger partial charge in [-0.2, -0.15) is 0 Å². The van der Waals surface area contributed by atoms with E-state index in [1.807, 2.05) is 32.1 Å². The molecule has 1 N–H and O–H groups in total. The monoisotopic (exact) mass is 437 g/mol. The molecule has 2 heterocycles. The number of unbranched alkanes of at least 4 members (excludes halogenated alkanes) is 3. The van der Waals surface area contributed by atoms with Gasteiger partial charge in [-0.05, 0) is 37.5 Å². The zero-order chi connectivity index (χ0) is 23.3. The Bertz CT molecular complexity index is 992. The molecule has 0 saturated heterocycles. The van der Waals surface area contributed by atoms with Crippen molar-refractivity contribution < 1.29 is 14.8 Å². The Morgan fingerprint density at radius 1 is 1.25 bits per heavy atom. The van der Waals surface area contributed by atoms with Crippen LogP contribution in [0.1, 0.15) is 63.5 Å². The summed E-state index contributed by atoms with van der Waals surface area (Å²) in [5.74, 6) is -2.29. The molecule has 1 aliphatic rings. The number of hydrogen-bond donors (Lipinski definition) is 1. The van der Waals surface area contributed by atoms with Crippen molar-refractivity contribution in [3.63, 3.8) is 0 Å². The van der Waals surface area contributed by atoms with Gasteiger partial charge in [0.15, 0.2) is 0 Å². The number of benzene rings is 1. The van der Waals surface area contributed by atoms with E-state index in [1.165, 1.54) is 12.1 Å². The van der Waals surface area contributed by atoms with Crippen molar-refractivity contribution in [1.29, 1.82) is 0 Å². The maximum Gasteiger partial charge on any atom is 0.310 e.